The number of hydrogen-bond donors (Lipinski definition) is 3. The largest absolute Gasteiger partial charge is 0.484 e. The van der Waals surface area contributed by atoms with Gasteiger partial charge in [-0.1, -0.05) is 29.8 Å². The number of nitrogens with zero attached hydrogens (tertiary/aromatic N) is 1. The van der Waals surface area contributed by atoms with E-state index in [9.17, 15) is 13.6 Å². The summed E-state index contributed by atoms with van der Waals surface area (Å²) in [5.41, 5.74) is 7.67. The van der Waals surface area contributed by atoms with Crippen molar-refractivity contribution in [2.45, 2.75) is 26.5 Å². The van der Waals surface area contributed by atoms with Crippen LogP contribution < -0.4 is 25.8 Å². The summed E-state index contributed by atoms with van der Waals surface area (Å²) in [6.45, 7) is -0.262. The number of primary amides is 1. The van der Waals surface area contributed by atoms with E-state index in [-0.39, 0.29) is 18.9 Å². The summed E-state index contributed by atoms with van der Waals surface area (Å²) in [6.07, 6.45) is 0.723. The molecule has 2 aromatic rings. The van der Waals surface area contributed by atoms with E-state index in [1.807, 2.05) is 19.1 Å². The third-order valence-electron chi connectivity index (χ3n) is 4.11. The number of alkyl halides is 2. The molecule has 4 N–H and O–H groups in total. The normalized spacial score (nSPS) is 11.3. The first-order valence-electron chi connectivity index (χ1n) is 9.36. The van der Waals surface area contributed by atoms with E-state index in [0.717, 1.165) is 17.5 Å². The van der Waals surface area contributed by atoms with Gasteiger partial charge in [0.25, 0.3) is 5.91 Å². The lowest BCUT2D eigenvalue weighted by atomic mass is 10.1. The van der Waals surface area contributed by atoms with Crippen molar-refractivity contribution in [3.05, 3.63) is 59.2 Å². The number of hydrogen-bond acceptors (Lipinski definition) is 4. The molecule has 0 heterocycles. The highest BCUT2D eigenvalue weighted by Gasteiger charge is 2.10. The van der Waals surface area contributed by atoms with E-state index >= 15 is 0 Å². The van der Waals surface area contributed by atoms with Crippen molar-refractivity contribution in [2.24, 2.45) is 10.7 Å². The summed E-state index contributed by atoms with van der Waals surface area (Å²) >= 11 is 0. The van der Waals surface area contributed by atoms with Gasteiger partial charge in [-0.05, 0) is 37.1 Å². The van der Waals surface area contributed by atoms with Crippen LogP contribution in [0.25, 0.3) is 0 Å². The Labute approximate surface area is 174 Å². The number of rotatable bonds is 10. The van der Waals surface area contributed by atoms with Crippen LogP contribution in [0, 0.1) is 6.92 Å². The van der Waals surface area contributed by atoms with Crippen molar-refractivity contribution in [1.29, 1.82) is 0 Å². The number of nitrogens with one attached hydrogen (secondary N) is 2. The lowest BCUT2D eigenvalue weighted by molar-refractivity contribution is -0.119. The number of aryl methyl sites for hydroxylation is 1. The minimum Gasteiger partial charge on any atom is -0.484 e. The number of aliphatic imine (C=N–C) groups is 1. The minimum atomic E-state index is -2.88. The predicted molar refractivity (Wildman–Crippen MR) is 111 cm³/mol. The maximum Gasteiger partial charge on any atom is 0.387 e. The fourth-order valence-corrected chi connectivity index (χ4v) is 2.69. The van der Waals surface area contributed by atoms with Gasteiger partial charge in [0, 0.05) is 25.7 Å². The number of carbonyl (C=O) groups excluding carboxylic acids is 1. The van der Waals surface area contributed by atoms with Crippen LogP contribution in [0.2, 0.25) is 0 Å². The highest BCUT2D eigenvalue weighted by atomic mass is 19.3. The molecule has 0 spiro atoms. The molecule has 0 aromatic heterocycles. The lowest BCUT2D eigenvalue weighted by Gasteiger charge is -2.15. The van der Waals surface area contributed by atoms with E-state index in [1.165, 1.54) is 6.07 Å². The molecule has 162 valence electrons. The highest BCUT2D eigenvalue weighted by molar-refractivity contribution is 5.79. The molecule has 0 bridgehead atoms. The Morgan fingerprint density at radius 2 is 1.90 bits per heavy atom. The zero-order valence-corrected chi connectivity index (χ0v) is 17.0. The average molecular weight is 420 g/mol. The number of carbonyl (C=O) groups is 1. The van der Waals surface area contributed by atoms with Crippen LogP contribution in [-0.4, -0.2) is 38.7 Å². The molecule has 0 aliphatic heterocycles. The van der Waals surface area contributed by atoms with Crippen molar-refractivity contribution in [1.82, 2.24) is 10.6 Å². The standard InChI is InChI=1S/C21H26F2N4O3/c1-14-3-8-18(30-20(22)23)16(11-14)12-27-21(25-2)26-10-9-15-4-6-17(7-5-15)29-13-19(24)28/h3-8,11,20H,9-10,12-13H2,1-2H3,(H2,24,28)(H2,25,26,27). The Morgan fingerprint density at radius 1 is 1.17 bits per heavy atom. The van der Waals surface area contributed by atoms with Gasteiger partial charge in [0.2, 0.25) is 0 Å². The molecule has 2 aromatic carbocycles. The van der Waals surface area contributed by atoms with Gasteiger partial charge in [0.15, 0.2) is 12.6 Å². The molecule has 0 atom stereocenters. The maximum atomic E-state index is 12.6. The van der Waals surface area contributed by atoms with Crippen LogP contribution in [0.4, 0.5) is 8.78 Å². The monoisotopic (exact) mass is 420 g/mol. The Bertz CT molecular complexity index is 858. The molecule has 1 amide bonds. The van der Waals surface area contributed by atoms with Crippen LogP contribution in [0.5, 0.6) is 11.5 Å². The summed E-state index contributed by atoms with van der Waals surface area (Å²) in [5, 5.41) is 6.27. The number of amides is 1. The molecule has 0 aliphatic rings. The smallest absolute Gasteiger partial charge is 0.387 e. The first-order chi connectivity index (χ1) is 14.4. The van der Waals surface area contributed by atoms with Gasteiger partial charge < -0.3 is 25.8 Å². The number of nitrogens with two attached hydrogens (primary N) is 1. The minimum absolute atomic E-state index is 0.136. The summed E-state index contributed by atoms with van der Waals surface area (Å²) in [7, 11) is 1.63. The summed E-state index contributed by atoms with van der Waals surface area (Å²) in [5.74, 6) is 0.724. The molecular formula is C21H26F2N4O3. The van der Waals surface area contributed by atoms with Crippen LogP contribution >= 0.6 is 0 Å². The Balaban J connectivity index is 1.83. The molecule has 0 aliphatic carbocycles. The van der Waals surface area contributed by atoms with Crippen molar-refractivity contribution < 1.29 is 23.0 Å². The van der Waals surface area contributed by atoms with Crippen LogP contribution in [0.15, 0.2) is 47.5 Å². The van der Waals surface area contributed by atoms with Gasteiger partial charge in [0.1, 0.15) is 11.5 Å². The molecule has 9 heteroatoms. The molecule has 0 saturated carbocycles. The SMILES string of the molecule is CN=C(NCCc1ccc(OCC(N)=O)cc1)NCc1cc(C)ccc1OC(F)F. The van der Waals surface area contributed by atoms with Crippen molar-refractivity contribution in [3.8, 4) is 11.5 Å². The van der Waals surface area contributed by atoms with E-state index in [1.54, 1.807) is 31.3 Å². The van der Waals surface area contributed by atoms with Crippen LogP contribution in [-0.2, 0) is 17.8 Å². The second-order valence-electron chi connectivity index (χ2n) is 6.49. The lowest BCUT2D eigenvalue weighted by Crippen LogP contribution is -2.38. The molecule has 0 fully saturated rings. The molecule has 0 radical (unpaired) electrons. The van der Waals surface area contributed by atoms with Crippen molar-refractivity contribution >= 4 is 11.9 Å². The molecule has 30 heavy (non-hydrogen) atoms. The van der Waals surface area contributed by atoms with Crippen molar-refractivity contribution in [3.63, 3.8) is 0 Å². The molecule has 0 saturated heterocycles. The Morgan fingerprint density at radius 3 is 2.53 bits per heavy atom. The fraction of sp³-hybridized carbons (Fsp3) is 0.333. The fourth-order valence-electron chi connectivity index (χ4n) is 2.69. The Hall–Kier alpha value is -3.36. The van der Waals surface area contributed by atoms with Crippen molar-refractivity contribution in [2.75, 3.05) is 20.2 Å². The van der Waals surface area contributed by atoms with E-state index in [4.69, 9.17) is 10.5 Å². The summed E-state index contributed by atoms with van der Waals surface area (Å²) in [4.78, 5) is 14.9. The first kappa shape index (κ1) is 22.9. The third kappa shape index (κ3) is 7.94. The summed E-state index contributed by atoms with van der Waals surface area (Å²) < 4.78 is 35.0. The zero-order valence-electron chi connectivity index (χ0n) is 17.0. The second kappa shape index (κ2) is 11.6. The maximum absolute atomic E-state index is 12.6. The van der Waals surface area contributed by atoms with E-state index < -0.39 is 12.5 Å². The van der Waals surface area contributed by atoms with Gasteiger partial charge in [-0.15, -0.1) is 0 Å². The van der Waals surface area contributed by atoms with Gasteiger partial charge in [0.05, 0.1) is 0 Å². The quantitative estimate of drug-likeness (QED) is 0.405. The zero-order chi connectivity index (χ0) is 21.9. The Kier molecular flexibility index (Phi) is 8.86. The average Bonchev–Trinajstić information content (AvgIpc) is 2.71. The van der Waals surface area contributed by atoms with Gasteiger partial charge in [-0.2, -0.15) is 8.78 Å². The number of guanidine groups is 1. The molecular weight excluding hydrogens is 394 g/mol. The van der Waals surface area contributed by atoms with Gasteiger partial charge >= 0.3 is 6.61 Å². The van der Waals surface area contributed by atoms with E-state index in [2.05, 4.69) is 20.4 Å². The topological polar surface area (TPSA) is 98.0 Å². The summed E-state index contributed by atoms with van der Waals surface area (Å²) in [6, 6.07) is 12.4. The molecule has 7 nitrogen and oxygen atoms in total. The van der Waals surface area contributed by atoms with Gasteiger partial charge in [-0.25, -0.2) is 0 Å². The number of ether oxygens (including phenoxy) is 2. The number of benzene rings is 2. The van der Waals surface area contributed by atoms with Gasteiger partial charge in [-0.3, -0.25) is 9.79 Å². The van der Waals surface area contributed by atoms with Crippen LogP contribution in [0.3, 0.4) is 0 Å². The molecule has 2 rings (SSSR count). The predicted octanol–water partition coefficient (Wildman–Crippen LogP) is 2.37. The highest BCUT2D eigenvalue weighted by Crippen LogP contribution is 2.22. The second-order valence-corrected chi connectivity index (χ2v) is 6.49. The first-order valence-corrected chi connectivity index (χ1v) is 9.36. The van der Waals surface area contributed by atoms with Crippen LogP contribution in [0.1, 0.15) is 16.7 Å². The third-order valence-corrected chi connectivity index (χ3v) is 4.11. The molecule has 0 unspecified atom stereocenters. The van der Waals surface area contributed by atoms with E-state index in [0.29, 0.717) is 23.8 Å². The number of halogens is 2.